The van der Waals surface area contributed by atoms with Gasteiger partial charge in [0, 0.05) is 12.0 Å². The van der Waals surface area contributed by atoms with E-state index in [0.717, 1.165) is 0 Å². The summed E-state index contributed by atoms with van der Waals surface area (Å²) in [5.74, 6) is 0.693. The molecular weight excluding hydrogens is 126 g/mol. The van der Waals surface area contributed by atoms with E-state index in [1.54, 1.807) is 6.21 Å². The first-order valence-electron chi connectivity index (χ1n) is 2.30. The third-order valence-electron chi connectivity index (χ3n) is 0.855. The Hall–Kier alpha value is -0.0600. The first kappa shape index (κ1) is 6.07. The summed E-state index contributed by atoms with van der Waals surface area (Å²) in [5, 5.41) is 17.5. The number of thioether (sulfide) groups is 1. The Morgan fingerprint density at radius 3 is 2.75 bits per heavy atom. The summed E-state index contributed by atoms with van der Waals surface area (Å²) in [4.78, 5) is 3.57. The molecule has 1 rings (SSSR count). The van der Waals surface area contributed by atoms with Crippen LogP contribution in [0.25, 0.3) is 0 Å². The molecule has 0 amide bonds. The minimum Gasteiger partial charge on any atom is -0.378 e. The van der Waals surface area contributed by atoms with Crippen LogP contribution in [0.15, 0.2) is 4.99 Å². The molecule has 46 valence electrons. The Bertz CT molecular complexity index is 106. The van der Waals surface area contributed by atoms with E-state index in [4.69, 9.17) is 10.2 Å². The Labute approximate surface area is 51.4 Å². The maximum Gasteiger partial charge on any atom is 0.180 e. The van der Waals surface area contributed by atoms with Gasteiger partial charge in [-0.15, -0.1) is 11.8 Å². The highest BCUT2D eigenvalue weighted by Crippen LogP contribution is 2.14. The molecule has 0 aromatic carbocycles. The Morgan fingerprint density at radius 1 is 1.62 bits per heavy atom. The van der Waals surface area contributed by atoms with Gasteiger partial charge in [-0.2, -0.15) is 0 Å². The molecule has 3 nitrogen and oxygen atoms in total. The molecule has 0 aromatic rings. The van der Waals surface area contributed by atoms with Crippen molar-refractivity contribution in [2.75, 3.05) is 5.75 Å². The zero-order valence-electron chi connectivity index (χ0n) is 4.19. The molecule has 0 spiro atoms. The van der Waals surface area contributed by atoms with E-state index >= 15 is 0 Å². The fourth-order valence-electron chi connectivity index (χ4n) is 0.452. The molecule has 0 saturated carbocycles. The largest absolute Gasteiger partial charge is 0.378 e. The zero-order chi connectivity index (χ0) is 5.98. The Balaban J connectivity index is 2.47. The van der Waals surface area contributed by atoms with Crippen molar-refractivity contribution < 1.29 is 10.2 Å². The molecule has 0 radical (unpaired) electrons. The van der Waals surface area contributed by atoms with Gasteiger partial charge in [-0.25, -0.2) is 0 Å². The monoisotopic (exact) mass is 133 g/mol. The third-order valence-corrected chi connectivity index (χ3v) is 1.78. The van der Waals surface area contributed by atoms with Crippen LogP contribution >= 0.6 is 11.8 Å². The molecule has 1 aliphatic heterocycles. The lowest BCUT2D eigenvalue weighted by molar-refractivity contribution is 0.0797. The van der Waals surface area contributed by atoms with E-state index < -0.39 is 11.7 Å². The molecule has 0 fully saturated rings. The van der Waals surface area contributed by atoms with Crippen LogP contribution in [0.1, 0.15) is 0 Å². The van der Waals surface area contributed by atoms with E-state index in [-0.39, 0.29) is 0 Å². The van der Waals surface area contributed by atoms with Gasteiger partial charge in [0.05, 0.1) is 0 Å². The van der Waals surface area contributed by atoms with Crippen molar-refractivity contribution in [3.05, 3.63) is 0 Å². The van der Waals surface area contributed by atoms with Gasteiger partial charge in [-0.05, 0) is 0 Å². The van der Waals surface area contributed by atoms with Crippen molar-refractivity contribution >= 4 is 18.0 Å². The van der Waals surface area contributed by atoms with Crippen LogP contribution in [0.3, 0.4) is 0 Å². The molecule has 4 heteroatoms. The predicted octanol–water partition coefficient (Wildman–Crippen LogP) is -0.559. The second-order valence-corrected chi connectivity index (χ2v) is 2.62. The molecule has 1 heterocycles. The van der Waals surface area contributed by atoms with Gasteiger partial charge < -0.3 is 10.2 Å². The number of aliphatic imine (C=N–C) groups is 1. The summed E-state index contributed by atoms with van der Waals surface area (Å²) in [5.41, 5.74) is -0.722. The van der Waals surface area contributed by atoms with Gasteiger partial charge in [0.15, 0.2) is 6.23 Å². The first-order chi connectivity index (χ1) is 3.80. The van der Waals surface area contributed by atoms with Gasteiger partial charge in [-0.1, -0.05) is 0 Å². The fraction of sp³-hybridized carbons (Fsp3) is 0.750. The Kier molecular flexibility index (Phi) is 1.88. The number of rotatable bonds is 0. The minimum absolute atomic E-state index is 0.693. The normalized spacial score (nSPS) is 37.8. The van der Waals surface area contributed by atoms with Crippen molar-refractivity contribution in [1.82, 2.24) is 0 Å². The second kappa shape index (κ2) is 2.48. The van der Waals surface area contributed by atoms with E-state index in [2.05, 4.69) is 4.99 Å². The lowest BCUT2D eigenvalue weighted by Crippen LogP contribution is -2.24. The van der Waals surface area contributed by atoms with E-state index in [0.29, 0.717) is 5.75 Å². The SMILES string of the molecule is OC1N=CCSC1O. The van der Waals surface area contributed by atoms with Crippen molar-refractivity contribution in [3.63, 3.8) is 0 Å². The van der Waals surface area contributed by atoms with Crippen LogP contribution in [0.2, 0.25) is 0 Å². The van der Waals surface area contributed by atoms with Crippen LogP contribution in [0.4, 0.5) is 0 Å². The number of aliphatic hydroxyl groups excluding tert-OH is 2. The van der Waals surface area contributed by atoms with Gasteiger partial charge in [0.2, 0.25) is 0 Å². The number of aliphatic hydroxyl groups is 2. The topological polar surface area (TPSA) is 52.8 Å². The molecule has 2 unspecified atom stereocenters. The number of nitrogens with zero attached hydrogens (tertiary/aromatic N) is 1. The standard InChI is InChI=1S/C4H7NO2S/c6-3-4(7)8-2-1-5-3/h1,3-4,6-7H,2H2. The van der Waals surface area contributed by atoms with Crippen LogP contribution in [-0.2, 0) is 0 Å². The predicted molar refractivity (Wildman–Crippen MR) is 33.0 cm³/mol. The molecule has 0 aromatic heterocycles. The van der Waals surface area contributed by atoms with Crippen molar-refractivity contribution in [2.24, 2.45) is 4.99 Å². The maximum absolute atomic E-state index is 8.78. The summed E-state index contributed by atoms with van der Waals surface area (Å²) >= 11 is 1.28. The first-order valence-corrected chi connectivity index (χ1v) is 3.35. The molecule has 0 aliphatic carbocycles. The Morgan fingerprint density at radius 2 is 2.38 bits per heavy atom. The highest BCUT2D eigenvalue weighted by molar-refractivity contribution is 8.00. The molecule has 2 atom stereocenters. The van der Waals surface area contributed by atoms with Crippen molar-refractivity contribution in [2.45, 2.75) is 11.7 Å². The van der Waals surface area contributed by atoms with Crippen LogP contribution < -0.4 is 0 Å². The van der Waals surface area contributed by atoms with E-state index in [1.165, 1.54) is 11.8 Å². The number of hydrogen-bond donors (Lipinski definition) is 2. The summed E-state index contributed by atoms with van der Waals surface area (Å²) in [6.45, 7) is 0. The molecule has 2 N–H and O–H groups in total. The summed E-state index contributed by atoms with van der Waals surface area (Å²) in [6, 6.07) is 0. The average Bonchev–Trinajstić information content (AvgIpc) is 1.77. The van der Waals surface area contributed by atoms with E-state index in [1.807, 2.05) is 0 Å². The third kappa shape index (κ3) is 1.21. The van der Waals surface area contributed by atoms with Gasteiger partial charge >= 0.3 is 0 Å². The lowest BCUT2D eigenvalue weighted by Gasteiger charge is -2.15. The summed E-state index contributed by atoms with van der Waals surface area (Å²) in [6.07, 6.45) is 0.691. The van der Waals surface area contributed by atoms with Crippen LogP contribution in [-0.4, -0.2) is 33.8 Å². The molecule has 8 heavy (non-hydrogen) atoms. The highest BCUT2D eigenvalue weighted by Gasteiger charge is 2.16. The molecular formula is C4H7NO2S. The number of hydrogen-bond acceptors (Lipinski definition) is 4. The van der Waals surface area contributed by atoms with E-state index in [9.17, 15) is 0 Å². The van der Waals surface area contributed by atoms with Crippen molar-refractivity contribution in [3.8, 4) is 0 Å². The maximum atomic E-state index is 8.78. The van der Waals surface area contributed by atoms with Crippen LogP contribution in [0.5, 0.6) is 0 Å². The van der Waals surface area contributed by atoms with Gasteiger partial charge in [0.25, 0.3) is 0 Å². The summed E-state index contributed by atoms with van der Waals surface area (Å²) in [7, 11) is 0. The van der Waals surface area contributed by atoms with Gasteiger partial charge in [0.1, 0.15) is 5.44 Å². The quantitative estimate of drug-likeness (QED) is 0.466. The average molecular weight is 133 g/mol. The zero-order valence-corrected chi connectivity index (χ0v) is 5.01. The highest BCUT2D eigenvalue weighted by atomic mass is 32.2. The van der Waals surface area contributed by atoms with Crippen LogP contribution in [0, 0.1) is 0 Å². The lowest BCUT2D eigenvalue weighted by atomic mass is 10.6. The smallest absolute Gasteiger partial charge is 0.180 e. The minimum atomic E-state index is -0.909. The fourth-order valence-corrected chi connectivity index (χ4v) is 1.06. The van der Waals surface area contributed by atoms with Gasteiger partial charge in [-0.3, -0.25) is 4.99 Å². The van der Waals surface area contributed by atoms with Crippen molar-refractivity contribution in [1.29, 1.82) is 0 Å². The summed E-state index contributed by atoms with van der Waals surface area (Å²) < 4.78 is 0. The molecule has 1 aliphatic rings. The molecule has 0 bridgehead atoms. The second-order valence-electron chi connectivity index (χ2n) is 1.47. The molecule has 0 saturated heterocycles.